The molecular weight excluding hydrogens is 478 g/mol. The summed E-state index contributed by atoms with van der Waals surface area (Å²) in [5.74, 6) is 0.267. The monoisotopic (exact) mass is 511 g/mol. The number of nitrogens with one attached hydrogen (secondary N) is 2. The van der Waals surface area contributed by atoms with Crippen molar-refractivity contribution >= 4 is 34.2 Å². The number of fused-ring (bicyclic) bond motifs is 2. The van der Waals surface area contributed by atoms with Gasteiger partial charge in [0, 0.05) is 30.0 Å². The van der Waals surface area contributed by atoms with Gasteiger partial charge in [-0.25, -0.2) is 9.48 Å². The van der Waals surface area contributed by atoms with Gasteiger partial charge in [0.2, 0.25) is 0 Å². The second kappa shape index (κ2) is 9.95. The van der Waals surface area contributed by atoms with E-state index in [-0.39, 0.29) is 17.4 Å². The fraction of sp³-hybridized carbons (Fsp3) is 0.300. The van der Waals surface area contributed by atoms with Crippen LogP contribution in [0.1, 0.15) is 44.5 Å². The van der Waals surface area contributed by atoms with Gasteiger partial charge in [-0.2, -0.15) is 5.10 Å². The third-order valence-electron chi connectivity index (χ3n) is 6.87. The average Bonchev–Trinajstić information content (AvgIpc) is 3.32. The van der Waals surface area contributed by atoms with Crippen LogP contribution in [0.5, 0.6) is 0 Å². The number of aliphatic hydroxyl groups excluding tert-OH is 1. The van der Waals surface area contributed by atoms with Gasteiger partial charge in [-0.1, -0.05) is 63.2 Å². The number of urea groups is 1. The molecule has 0 bridgehead atoms. The van der Waals surface area contributed by atoms with Crippen LogP contribution in [0, 0.1) is 0 Å². The molecule has 8 nitrogen and oxygen atoms in total. The largest absolute Gasteiger partial charge is 0.384 e. The lowest BCUT2D eigenvalue weighted by Crippen LogP contribution is -2.41. The molecule has 38 heavy (non-hydrogen) atoms. The Kier molecular flexibility index (Phi) is 6.67. The van der Waals surface area contributed by atoms with Gasteiger partial charge in [-0.3, -0.25) is 10.1 Å². The molecule has 1 atom stereocenters. The summed E-state index contributed by atoms with van der Waals surface area (Å²) in [6.07, 6.45) is -0.310. The lowest BCUT2D eigenvalue weighted by molar-refractivity contribution is -0.140. The smallest absolute Gasteiger partial charge is 0.324 e. The predicted molar refractivity (Wildman–Crippen MR) is 150 cm³/mol. The van der Waals surface area contributed by atoms with E-state index in [0.29, 0.717) is 18.9 Å². The molecule has 0 saturated carbocycles. The molecule has 5 rings (SSSR count). The Bertz CT molecular complexity index is 1510. The number of aliphatic hydroxyl groups is 1. The Morgan fingerprint density at radius 3 is 2.50 bits per heavy atom. The number of hydrogen-bond donors (Lipinski definition) is 3. The summed E-state index contributed by atoms with van der Waals surface area (Å²) in [5.41, 5.74) is 4.27. The third kappa shape index (κ3) is 5.13. The summed E-state index contributed by atoms with van der Waals surface area (Å²) in [5, 5.41) is 22.6. The minimum Gasteiger partial charge on any atom is -0.384 e. The number of nitrogens with zero attached hydrogens (tertiary/aromatic N) is 3. The van der Waals surface area contributed by atoms with Crippen LogP contribution in [0.15, 0.2) is 66.7 Å². The maximum atomic E-state index is 13.2. The highest BCUT2D eigenvalue weighted by Crippen LogP contribution is 2.29. The molecule has 196 valence electrons. The minimum absolute atomic E-state index is 0.234. The molecule has 1 aliphatic rings. The second-order valence-electron chi connectivity index (χ2n) is 10.8. The average molecular weight is 512 g/mol. The zero-order chi connectivity index (χ0) is 27.0. The van der Waals surface area contributed by atoms with Gasteiger partial charge in [0.05, 0.1) is 17.1 Å². The van der Waals surface area contributed by atoms with E-state index in [0.717, 1.165) is 45.4 Å². The van der Waals surface area contributed by atoms with E-state index in [1.54, 1.807) is 9.58 Å². The number of anilines is 2. The van der Waals surface area contributed by atoms with Crippen molar-refractivity contribution in [2.75, 3.05) is 17.2 Å². The van der Waals surface area contributed by atoms with Crippen molar-refractivity contribution in [3.05, 3.63) is 83.6 Å². The Morgan fingerprint density at radius 1 is 0.974 bits per heavy atom. The zero-order valence-electron chi connectivity index (χ0n) is 22.2. The van der Waals surface area contributed by atoms with Crippen LogP contribution in [-0.4, -0.2) is 44.4 Å². The van der Waals surface area contributed by atoms with Crippen molar-refractivity contribution in [1.29, 1.82) is 0 Å². The Balaban J connectivity index is 1.45. The van der Waals surface area contributed by atoms with Crippen LogP contribution in [0.4, 0.5) is 16.3 Å². The number of benzene rings is 3. The molecule has 2 heterocycles. The number of aromatic nitrogens is 2. The molecule has 0 spiro atoms. The maximum Gasteiger partial charge on any atom is 0.324 e. The summed E-state index contributed by atoms with van der Waals surface area (Å²) < 4.78 is 1.74. The van der Waals surface area contributed by atoms with Crippen LogP contribution in [0.2, 0.25) is 0 Å². The minimum atomic E-state index is -1.03. The molecule has 1 aromatic heterocycles. The molecule has 3 aromatic carbocycles. The van der Waals surface area contributed by atoms with Gasteiger partial charge < -0.3 is 15.3 Å². The summed E-state index contributed by atoms with van der Waals surface area (Å²) in [6.45, 7) is 8.72. The SMILES string of the molecule is CC(O)C(=O)N1CCc2ccc(-n3nc(C(C)(C)C)cc3NC(=O)Nc3cccc4ccccc34)cc2C1. The van der Waals surface area contributed by atoms with Gasteiger partial charge in [0.15, 0.2) is 0 Å². The van der Waals surface area contributed by atoms with E-state index in [4.69, 9.17) is 5.10 Å². The molecule has 0 saturated heterocycles. The first-order valence-electron chi connectivity index (χ1n) is 12.9. The molecule has 1 unspecified atom stereocenters. The van der Waals surface area contributed by atoms with Gasteiger partial charge in [-0.05, 0) is 48.1 Å². The molecule has 0 aliphatic carbocycles. The normalized spacial score (nSPS) is 14.2. The van der Waals surface area contributed by atoms with E-state index in [2.05, 4.69) is 31.4 Å². The fourth-order valence-corrected chi connectivity index (χ4v) is 4.77. The highest BCUT2D eigenvalue weighted by molar-refractivity contribution is 6.06. The van der Waals surface area contributed by atoms with Gasteiger partial charge in [0.25, 0.3) is 5.91 Å². The number of carbonyl (C=O) groups excluding carboxylic acids is 2. The van der Waals surface area contributed by atoms with Gasteiger partial charge >= 0.3 is 6.03 Å². The van der Waals surface area contributed by atoms with Crippen LogP contribution >= 0.6 is 0 Å². The van der Waals surface area contributed by atoms with Crippen molar-refractivity contribution in [2.45, 2.75) is 52.2 Å². The van der Waals surface area contributed by atoms with Crippen molar-refractivity contribution in [3.8, 4) is 5.69 Å². The molecule has 0 fully saturated rings. The van der Waals surface area contributed by atoms with Crippen molar-refractivity contribution in [2.24, 2.45) is 0 Å². The van der Waals surface area contributed by atoms with Crippen LogP contribution in [0.3, 0.4) is 0 Å². The molecule has 4 aromatic rings. The van der Waals surface area contributed by atoms with Gasteiger partial charge in [-0.15, -0.1) is 0 Å². The first kappa shape index (κ1) is 25.5. The first-order chi connectivity index (χ1) is 18.1. The van der Waals surface area contributed by atoms with Crippen molar-refractivity contribution in [3.63, 3.8) is 0 Å². The topological polar surface area (TPSA) is 99.5 Å². The second-order valence-corrected chi connectivity index (χ2v) is 10.8. The highest BCUT2D eigenvalue weighted by Gasteiger charge is 2.25. The van der Waals surface area contributed by atoms with E-state index in [1.165, 1.54) is 6.92 Å². The Labute approximate surface area is 222 Å². The molecule has 1 aliphatic heterocycles. The van der Waals surface area contributed by atoms with Crippen molar-refractivity contribution < 1.29 is 14.7 Å². The molecule has 0 radical (unpaired) electrons. The molecule has 3 amide bonds. The summed E-state index contributed by atoms with van der Waals surface area (Å²) in [6, 6.07) is 21.3. The number of rotatable bonds is 4. The Hall–Kier alpha value is -4.17. The number of amides is 3. The van der Waals surface area contributed by atoms with Crippen LogP contribution in [-0.2, 0) is 23.2 Å². The molecule has 8 heteroatoms. The molecular formula is C30H33N5O3. The predicted octanol–water partition coefficient (Wildman–Crippen LogP) is 5.23. The van der Waals surface area contributed by atoms with Crippen LogP contribution < -0.4 is 10.6 Å². The highest BCUT2D eigenvalue weighted by atomic mass is 16.3. The van der Waals surface area contributed by atoms with E-state index >= 15 is 0 Å². The maximum absolute atomic E-state index is 13.2. The summed E-state index contributed by atoms with van der Waals surface area (Å²) in [4.78, 5) is 27.2. The Morgan fingerprint density at radius 2 is 1.74 bits per heavy atom. The number of carbonyl (C=O) groups is 2. The van der Waals surface area contributed by atoms with E-state index in [1.807, 2.05) is 66.7 Å². The fourth-order valence-electron chi connectivity index (χ4n) is 4.77. The standard InChI is InChI=1S/C30H33N5O3/c1-19(36)28(37)34-15-14-20-12-13-23(16-22(20)18-34)35-27(17-26(33-35)30(2,3)4)32-29(38)31-25-11-7-9-21-8-5-6-10-24(21)25/h5-13,16-17,19,36H,14-15,18H2,1-4H3,(H2,31,32,38). The first-order valence-corrected chi connectivity index (χ1v) is 12.9. The van der Waals surface area contributed by atoms with Crippen LogP contribution in [0.25, 0.3) is 16.5 Å². The summed E-state index contributed by atoms with van der Waals surface area (Å²) in [7, 11) is 0. The quantitative estimate of drug-likeness (QED) is 0.349. The lowest BCUT2D eigenvalue weighted by atomic mass is 9.92. The van der Waals surface area contributed by atoms with E-state index < -0.39 is 6.10 Å². The summed E-state index contributed by atoms with van der Waals surface area (Å²) >= 11 is 0. The van der Waals surface area contributed by atoms with Crippen molar-refractivity contribution in [1.82, 2.24) is 14.7 Å². The molecule has 3 N–H and O–H groups in total. The lowest BCUT2D eigenvalue weighted by Gasteiger charge is -2.30. The van der Waals surface area contributed by atoms with Gasteiger partial charge in [0.1, 0.15) is 11.9 Å². The van der Waals surface area contributed by atoms with E-state index in [9.17, 15) is 14.7 Å². The number of hydrogen-bond acceptors (Lipinski definition) is 4. The third-order valence-corrected chi connectivity index (χ3v) is 6.87. The zero-order valence-corrected chi connectivity index (χ0v) is 22.2.